The molecule has 0 saturated carbocycles. The maximum absolute atomic E-state index is 13.2. The third-order valence-electron chi connectivity index (χ3n) is 3.05. The first-order valence-corrected chi connectivity index (χ1v) is 6.28. The van der Waals surface area contributed by atoms with Gasteiger partial charge in [0.1, 0.15) is 5.82 Å². The molecule has 1 atom stereocenters. The zero-order valence-electron chi connectivity index (χ0n) is 10.8. The van der Waals surface area contributed by atoms with Crippen molar-refractivity contribution in [3.8, 4) is 0 Å². The number of nitrogens with one attached hydrogen (secondary N) is 1. The Labute approximate surface area is 106 Å². The van der Waals surface area contributed by atoms with Crippen LogP contribution in [0.15, 0.2) is 18.2 Å². The summed E-state index contributed by atoms with van der Waals surface area (Å²) in [6.45, 7) is 5.39. The molecule has 0 aliphatic heterocycles. The zero-order valence-corrected chi connectivity index (χ0v) is 10.8. The summed E-state index contributed by atoms with van der Waals surface area (Å²) in [5, 5.41) is 3.33. The number of benzene rings is 1. The van der Waals surface area contributed by atoms with E-state index in [1.807, 2.05) is 4.57 Å². The number of halogens is 1. The van der Waals surface area contributed by atoms with Gasteiger partial charge in [0.25, 0.3) is 0 Å². The largest absolute Gasteiger partial charge is 0.353 e. The van der Waals surface area contributed by atoms with Crippen LogP contribution in [0.4, 0.5) is 10.3 Å². The van der Waals surface area contributed by atoms with Crippen LogP contribution < -0.4 is 11.1 Å². The topological polar surface area (TPSA) is 55.9 Å². The number of anilines is 1. The monoisotopic (exact) mass is 250 g/mol. The molecule has 0 fully saturated rings. The minimum Gasteiger partial charge on any atom is -0.353 e. The molecule has 4 nitrogen and oxygen atoms in total. The fourth-order valence-electron chi connectivity index (χ4n) is 1.89. The van der Waals surface area contributed by atoms with Gasteiger partial charge in [-0.05, 0) is 25.5 Å². The van der Waals surface area contributed by atoms with Crippen molar-refractivity contribution in [3.05, 3.63) is 24.0 Å². The van der Waals surface area contributed by atoms with Gasteiger partial charge in [0.2, 0.25) is 5.95 Å². The van der Waals surface area contributed by atoms with Crippen LogP contribution in [0.3, 0.4) is 0 Å². The first-order valence-electron chi connectivity index (χ1n) is 6.28. The van der Waals surface area contributed by atoms with Crippen LogP contribution in [0.5, 0.6) is 0 Å². The van der Waals surface area contributed by atoms with Gasteiger partial charge < -0.3 is 15.6 Å². The van der Waals surface area contributed by atoms with Gasteiger partial charge in [-0.15, -0.1) is 0 Å². The fraction of sp³-hybridized carbons (Fsp3) is 0.462. The van der Waals surface area contributed by atoms with E-state index in [-0.39, 0.29) is 5.82 Å². The number of nitrogens with zero attached hydrogens (tertiary/aromatic N) is 2. The van der Waals surface area contributed by atoms with Gasteiger partial charge in [-0.1, -0.05) is 6.92 Å². The number of aromatic nitrogens is 2. The number of nitrogens with two attached hydrogens (primary N) is 1. The third kappa shape index (κ3) is 2.46. The van der Waals surface area contributed by atoms with E-state index in [9.17, 15) is 4.39 Å². The van der Waals surface area contributed by atoms with E-state index in [0.717, 1.165) is 17.9 Å². The van der Waals surface area contributed by atoms with Gasteiger partial charge in [0.15, 0.2) is 0 Å². The minimum atomic E-state index is -0.269. The van der Waals surface area contributed by atoms with E-state index in [1.54, 1.807) is 6.07 Å². The van der Waals surface area contributed by atoms with Crippen molar-refractivity contribution in [3.63, 3.8) is 0 Å². The van der Waals surface area contributed by atoms with Crippen LogP contribution >= 0.6 is 0 Å². The van der Waals surface area contributed by atoms with Crippen molar-refractivity contribution in [1.29, 1.82) is 0 Å². The van der Waals surface area contributed by atoms with Gasteiger partial charge in [-0.25, -0.2) is 9.37 Å². The molecular weight excluding hydrogens is 231 g/mol. The van der Waals surface area contributed by atoms with E-state index >= 15 is 0 Å². The highest BCUT2D eigenvalue weighted by Gasteiger charge is 2.12. The Balaban J connectivity index is 2.46. The van der Waals surface area contributed by atoms with E-state index in [0.29, 0.717) is 24.6 Å². The van der Waals surface area contributed by atoms with Crippen molar-refractivity contribution in [1.82, 2.24) is 9.55 Å². The molecule has 0 bridgehead atoms. The molecule has 2 rings (SSSR count). The summed E-state index contributed by atoms with van der Waals surface area (Å²) in [6, 6.07) is 4.96. The van der Waals surface area contributed by atoms with Gasteiger partial charge in [0.05, 0.1) is 11.0 Å². The van der Waals surface area contributed by atoms with Crippen LogP contribution in [-0.2, 0) is 6.54 Å². The molecule has 18 heavy (non-hydrogen) atoms. The maximum atomic E-state index is 13.2. The molecule has 1 unspecified atom stereocenters. The lowest BCUT2D eigenvalue weighted by Gasteiger charge is -2.14. The van der Waals surface area contributed by atoms with Gasteiger partial charge in [-0.3, -0.25) is 0 Å². The van der Waals surface area contributed by atoms with Crippen LogP contribution in [0.2, 0.25) is 0 Å². The lowest BCUT2D eigenvalue weighted by atomic mass is 10.3. The number of hydrogen-bond donors (Lipinski definition) is 2. The molecule has 1 heterocycles. The third-order valence-corrected chi connectivity index (χ3v) is 3.05. The van der Waals surface area contributed by atoms with Crippen molar-refractivity contribution in [2.75, 3.05) is 11.9 Å². The Kier molecular flexibility index (Phi) is 3.81. The second-order valence-electron chi connectivity index (χ2n) is 4.46. The Bertz CT molecular complexity index is 535. The molecule has 2 aromatic rings. The van der Waals surface area contributed by atoms with E-state index < -0.39 is 0 Å². The average molecular weight is 250 g/mol. The molecule has 0 saturated heterocycles. The number of rotatable bonds is 5. The van der Waals surface area contributed by atoms with Crippen LogP contribution in [0, 0.1) is 5.82 Å². The standard InChI is InChI=1S/C13H19FN4/c1-3-9(2)16-13-17-11-8-10(14)4-5-12(11)18(13)7-6-15/h4-5,8-9H,3,6-7,15H2,1-2H3,(H,16,17). The summed E-state index contributed by atoms with van der Waals surface area (Å²) in [7, 11) is 0. The van der Waals surface area contributed by atoms with Crippen LogP contribution in [-0.4, -0.2) is 22.1 Å². The molecule has 98 valence electrons. The zero-order chi connectivity index (χ0) is 13.1. The summed E-state index contributed by atoms with van der Waals surface area (Å²) >= 11 is 0. The predicted octanol–water partition coefficient (Wildman–Crippen LogP) is 2.34. The molecular formula is C13H19FN4. The average Bonchev–Trinajstić information content (AvgIpc) is 2.67. The molecule has 0 aliphatic rings. The number of imidazole rings is 1. The molecule has 0 radical (unpaired) electrons. The summed E-state index contributed by atoms with van der Waals surface area (Å²) in [5.74, 6) is 0.491. The molecule has 0 amide bonds. The predicted molar refractivity (Wildman–Crippen MR) is 72.1 cm³/mol. The van der Waals surface area contributed by atoms with E-state index in [1.165, 1.54) is 12.1 Å². The Hall–Kier alpha value is -1.62. The first-order chi connectivity index (χ1) is 8.65. The molecule has 0 aliphatic carbocycles. The molecule has 0 spiro atoms. The van der Waals surface area contributed by atoms with Crippen LogP contribution in [0.25, 0.3) is 11.0 Å². The minimum absolute atomic E-state index is 0.269. The maximum Gasteiger partial charge on any atom is 0.204 e. The number of hydrogen-bond acceptors (Lipinski definition) is 3. The van der Waals surface area contributed by atoms with E-state index in [2.05, 4.69) is 24.1 Å². The van der Waals surface area contributed by atoms with Crippen molar-refractivity contribution < 1.29 is 4.39 Å². The SMILES string of the molecule is CCC(C)Nc1nc2cc(F)ccc2n1CCN. The second kappa shape index (κ2) is 5.35. The summed E-state index contributed by atoms with van der Waals surface area (Å²) in [6.07, 6.45) is 1.00. The van der Waals surface area contributed by atoms with Gasteiger partial charge in [-0.2, -0.15) is 0 Å². The van der Waals surface area contributed by atoms with Crippen molar-refractivity contribution >= 4 is 17.0 Å². The second-order valence-corrected chi connectivity index (χ2v) is 4.46. The van der Waals surface area contributed by atoms with E-state index in [4.69, 9.17) is 5.73 Å². The van der Waals surface area contributed by atoms with Crippen LogP contribution in [0.1, 0.15) is 20.3 Å². The molecule has 5 heteroatoms. The highest BCUT2D eigenvalue weighted by Crippen LogP contribution is 2.21. The Morgan fingerprint density at radius 2 is 2.28 bits per heavy atom. The van der Waals surface area contributed by atoms with Gasteiger partial charge >= 0.3 is 0 Å². The Morgan fingerprint density at radius 3 is 2.94 bits per heavy atom. The summed E-state index contributed by atoms with van der Waals surface area (Å²) < 4.78 is 15.2. The summed E-state index contributed by atoms with van der Waals surface area (Å²) in [5.41, 5.74) is 7.19. The molecule has 1 aromatic carbocycles. The lowest BCUT2D eigenvalue weighted by Crippen LogP contribution is -2.19. The first kappa shape index (κ1) is 12.8. The quantitative estimate of drug-likeness (QED) is 0.856. The van der Waals surface area contributed by atoms with Crippen molar-refractivity contribution in [2.24, 2.45) is 5.73 Å². The highest BCUT2D eigenvalue weighted by molar-refractivity contribution is 5.78. The van der Waals surface area contributed by atoms with Gasteiger partial charge in [0, 0.05) is 25.2 Å². The molecule has 1 aromatic heterocycles. The number of fused-ring (bicyclic) bond motifs is 1. The normalized spacial score (nSPS) is 12.9. The fourth-order valence-corrected chi connectivity index (χ4v) is 1.89. The lowest BCUT2D eigenvalue weighted by molar-refractivity contribution is 0.629. The highest BCUT2D eigenvalue weighted by atomic mass is 19.1. The molecule has 3 N–H and O–H groups in total. The van der Waals surface area contributed by atoms with Crippen molar-refractivity contribution in [2.45, 2.75) is 32.9 Å². The summed E-state index contributed by atoms with van der Waals surface area (Å²) in [4.78, 5) is 4.44. The smallest absolute Gasteiger partial charge is 0.204 e. The Morgan fingerprint density at radius 1 is 1.50 bits per heavy atom.